The Hall–Kier alpha value is -3.55. The van der Waals surface area contributed by atoms with Crippen LogP contribution in [0.15, 0.2) is 48.5 Å². The number of rotatable bonds is 12. The molecule has 0 saturated heterocycles. The number of hydrogen-bond acceptors (Lipinski definition) is 5. The van der Waals surface area contributed by atoms with Crippen LogP contribution in [0.4, 0.5) is 4.79 Å². The van der Waals surface area contributed by atoms with Crippen molar-refractivity contribution in [3.05, 3.63) is 65.2 Å². The second-order valence-electron chi connectivity index (χ2n) is 11.3. The van der Waals surface area contributed by atoms with Crippen molar-refractivity contribution in [2.24, 2.45) is 5.92 Å². The molecule has 3 amide bonds. The highest BCUT2D eigenvalue weighted by Gasteiger charge is 2.37. The zero-order valence-electron chi connectivity index (χ0n) is 24.4. The second-order valence-corrected chi connectivity index (χ2v) is 11.3. The highest BCUT2D eigenvalue weighted by atomic mass is 16.6. The van der Waals surface area contributed by atoms with E-state index in [2.05, 4.69) is 17.6 Å². The summed E-state index contributed by atoms with van der Waals surface area (Å²) in [4.78, 5) is 42.2. The normalized spacial score (nSPS) is 12.9. The lowest BCUT2D eigenvalue weighted by molar-refractivity contribution is -0.143. The van der Waals surface area contributed by atoms with Gasteiger partial charge in [-0.15, -0.1) is 0 Å². The van der Waals surface area contributed by atoms with Crippen LogP contribution in [-0.2, 0) is 20.9 Å². The molecule has 0 aliphatic carbocycles. The van der Waals surface area contributed by atoms with Gasteiger partial charge in [0, 0.05) is 13.1 Å². The molecule has 2 atom stereocenters. The van der Waals surface area contributed by atoms with Gasteiger partial charge in [0.1, 0.15) is 23.4 Å². The fourth-order valence-corrected chi connectivity index (χ4v) is 4.23. The zero-order chi connectivity index (χ0) is 29.2. The van der Waals surface area contributed by atoms with Crippen LogP contribution in [0.5, 0.6) is 5.75 Å². The van der Waals surface area contributed by atoms with Crippen molar-refractivity contribution in [3.63, 3.8) is 0 Å². The fraction of sp³-hybridized carbons (Fsp3) is 0.516. The summed E-state index contributed by atoms with van der Waals surface area (Å²) < 4.78 is 5.43. The van der Waals surface area contributed by atoms with Gasteiger partial charge >= 0.3 is 6.09 Å². The lowest BCUT2D eigenvalue weighted by Gasteiger charge is -2.36. The molecule has 0 aliphatic heterocycles. The molecule has 0 heterocycles. The van der Waals surface area contributed by atoms with E-state index in [1.807, 2.05) is 44.2 Å². The maximum absolute atomic E-state index is 14.2. The van der Waals surface area contributed by atoms with Gasteiger partial charge in [-0.2, -0.15) is 0 Å². The zero-order valence-corrected chi connectivity index (χ0v) is 24.4. The third-order valence-electron chi connectivity index (χ3n) is 6.30. The van der Waals surface area contributed by atoms with Crippen molar-refractivity contribution in [2.45, 2.75) is 92.0 Å². The van der Waals surface area contributed by atoms with Gasteiger partial charge in [0.05, 0.1) is 0 Å². The molecule has 0 radical (unpaired) electrons. The number of phenols is 1. The Bertz CT molecular complexity index is 1100. The van der Waals surface area contributed by atoms with Crippen LogP contribution < -0.4 is 10.6 Å². The first-order valence-corrected chi connectivity index (χ1v) is 13.7. The summed E-state index contributed by atoms with van der Waals surface area (Å²) in [7, 11) is 0. The van der Waals surface area contributed by atoms with Gasteiger partial charge < -0.3 is 25.4 Å². The van der Waals surface area contributed by atoms with Crippen LogP contribution in [-0.4, -0.2) is 46.1 Å². The smallest absolute Gasteiger partial charge is 0.408 e. The van der Waals surface area contributed by atoms with Gasteiger partial charge in [0.15, 0.2) is 0 Å². The van der Waals surface area contributed by atoms with Gasteiger partial charge in [0.2, 0.25) is 11.8 Å². The summed E-state index contributed by atoms with van der Waals surface area (Å²) in [5.41, 5.74) is 1.39. The Morgan fingerprint density at radius 3 is 2.26 bits per heavy atom. The number of alkyl carbamates (subject to hydrolysis) is 1. The van der Waals surface area contributed by atoms with Crippen molar-refractivity contribution >= 4 is 17.9 Å². The first-order chi connectivity index (χ1) is 18.3. The number of hydrogen-bond donors (Lipinski definition) is 3. The Labute approximate surface area is 233 Å². The number of benzene rings is 2. The molecule has 0 fully saturated rings. The molecule has 2 unspecified atom stereocenters. The standard InChI is InChI=1S/C31H45N3O5/c1-8-9-13-18-34(29(37)26(21(2)3)33-30(38)39-31(5,6)7)27(24-16-17-25(35)22(4)19-24)28(36)32-20-23-14-11-10-12-15-23/h10-12,14-17,19,21,26-27,35H,8-9,13,18,20H2,1-7H3,(H,32,36)(H,33,38). The number of amides is 3. The summed E-state index contributed by atoms with van der Waals surface area (Å²) in [5.74, 6) is -0.850. The maximum atomic E-state index is 14.2. The monoisotopic (exact) mass is 539 g/mol. The minimum atomic E-state index is -0.959. The van der Waals surface area contributed by atoms with E-state index < -0.39 is 23.8 Å². The number of aryl methyl sites for hydroxylation is 1. The maximum Gasteiger partial charge on any atom is 0.408 e. The van der Waals surface area contributed by atoms with Gasteiger partial charge in [-0.3, -0.25) is 9.59 Å². The summed E-state index contributed by atoms with van der Waals surface area (Å²) in [6.07, 6.45) is 1.82. The van der Waals surface area contributed by atoms with E-state index in [1.165, 1.54) is 6.07 Å². The number of nitrogens with zero attached hydrogens (tertiary/aromatic N) is 1. The Morgan fingerprint density at radius 1 is 1.03 bits per heavy atom. The minimum Gasteiger partial charge on any atom is -0.508 e. The summed E-state index contributed by atoms with van der Waals surface area (Å²) in [6.45, 7) is 13.4. The van der Waals surface area contributed by atoms with Crippen molar-refractivity contribution in [1.29, 1.82) is 0 Å². The van der Waals surface area contributed by atoms with E-state index in [-0.39, 0.29) is 23.5 Å². The molecule has 0 bridgehead atoms. The molecule has 39 heavy (non-hydrogen) atoms. The molecule has 0 aliphatic rings. The Kier molecular flexibility index (Phi) is 11.8. The van der Waals surface area contributed by atoms with E-state index in [4.69, 9.17) is 4.74 Å². The first kappa shape index (κ1) is 31.7. The molecule has 2 aromatic rings. The van der Waals surface area contributed by atoms with Gasteiger partial charge in [-0.25, -0.2) is 4.79 Å². The summed E-state index contributed by atoms with van der Waals surface area (Å²) >= 11 is 0. The van der Waals surface area contributed by atoms with Gasteiger partial charge in [-0.1, -0.05) is 70.0 Å². The molecule has 0 saturated carbocycles. The molecule has 2 aromatic carbocycles. The molecular weight excluding hydrogens is 494 g/mol. The average molecular weight is 540 g/mol. The minimum absolute atomic E-state index is 0.109. The largest absolute Gasteiger partial charge is 0.508 e. The number of phenolic OH excluding ortho intramolecular Hbond substituents is 1. The van der Waals surface area contributed by atoms with Crippen LogP contribution in [0, 0.1) is 12.8 Å². The molecule has 214 valence electrons. The number of ether oxygens (including phenoxy) is 1. The Morgan fingerprint density at radius 2 is 1.69 bits per heavy atom. The van der Waals surface area contributed by atoms with Crippen LogP contribution in [0.25, 0.3) is 0 Å². The van der Waals surface area contributed by atoms with Crippen molar-refractivity contribution in [2.75, 3.05) is 6.54 Å². The molecule has 8 nitrogen and oxygen atoms in total. The molecular formula is C31H45N3O5. The van der Waals surface area contributed by atoms with Crippen molar-refractivity contribution in [3.8, 4) is 5.75 Å². The van der Waals surface area contributed by atoms with E-state index in [0.29, 0.717) is 30.6 Å². The SMILES string of the molecule is CCCCCN(C(=O)C(NC(=O)OC(C)(C)C)C(C)C)C(C(=O)NCc1ccccc1)c1ccc(O)c(C)c1. The van der Waals surface area contributed by atoms with Crippen LogP contribution in [0.1, 0.15) is 83.5 Å². The molecule has 8 heteroatoms. The van der Waals surface area contributed by atoms with E-state index in [1.54, 1.807) is 44.7 Å². The Balaban J connectivity index is 2.49. The van der Waals surface area contributed by atoms with E-state index in [0.717, 1.165) is 18.4 Å². The number of unbranched alkanes of at least 4 members (excludes halogenated alkanes) is 2. The number of carbonyl (C=O) groups excluding carboxylic acids is 3. The molecule has 2 rings (SSSR count). The quantitative estimate of drug-likeness (QED) is 0.303. The fourth-order valence-electron chi connectivity index (χ4n) is 4.23. The van der Waals surface area contributed by atoms with Gasteiger partial charge in [-0.05, 0) is 68.9 Å². The number of aromatic hydroxyl groups is 1. The third-order valence-corrected chi connectivity index (χ3v) is 6.30. The van der Waals surface area contributed by atoms with E-state index >= 15 is 0 Å². The summed E-state index contributed by atoms with van der Waals surface area (Å²) in [6, 6.07) is 12.6. The number of nitrogens with one attached hydrogen (secondary N) is 2. The molecule has 3 N–H and O–H groups in total. The second kappa shape index (κ2) is 14.6. The molecule has 0 aromatic heterocycles. The summed E-state index contributed by atoms with van der Waals surface area (Å²) in [5, 5.41) is 15.9. The van der Waals surface area contributed by atoms with E-state index in [9.17, 15) is 19.5 Å². The third kappa shape index (κ3) is 9.93. The predicted octanol–water partition coefficient (Wildman–Crippen LogP) is 5.63. The lowest BCUT2D eigenvalue weighted by Crippen LogP contribution is -2.55. The van der Waals surface area contributed by atoms with Gasteiger partial charge in [0.25, 0.3) is 0 Å². The lowest BCUT2D eigenvalue weighted by atomic mass is 9.97. The average Bonchev–Trinajstić information content (AvgIpc) is 2.86. The highest BCUT2D eigenvalue weighted by Crippen LogP contribution is 2.28. The first-order valence-electron chi connectivity index (χ1n) is 13.7. The number of carbonyl (C=O) groups is 3. The molecule has 0 spiro atoms. The highest BCUT2D eigenvalue weighted by molar-refractivity contribution is 5.92. The van der Waals surface area contributed by atoms with Crippen LogP contribution in [0.3, 0.4) is 0 Å². The van der Waals surface area contributed by atoms with Crippen LogP contribution >= 0.6 is 0 Å². The van der Waals surface area contributed by atoms with Crippen molar-refractivity contribution < 1.29 is 24.2 Å². The van der Waals surface area contributed by atoms with Crippen molar-refractivity contribution in [1.82, 2.24) is 15.5 Å². The predicted molar refractivity (Wildman–Crippen MR) is 153 cm³/mol. The topological polar surface area (TPSA) is 108 Å². The van der Waals surface area contributed by atoms with Crippen LogP contribution in [0.2, 0.25) is 0 Å².